The van der Waals surface area contributed by atoms with Crippen LogP contribution in [0.2, 0.25) is 0 Å². The highest BCUT2D eigenvalue weighted by Crippen LogP contribution is 2.21. The van der Waals surface area contributed by atoms with Gasteiger partial charge in [-0.05, 0) is 39.5 Å². The molecule has 1 N–H and O–H groups in total. The van der Waals surface area contributed by atoms with Gasteiger partial charge in [-0.15, -0.1) is 0 Å². The van der Waals surface area contributed by atoms with E-state index in [4.69, 9.17) is 4.74 Å². The molecule has 0 aromatic heterocycles. The third-order valence-electron chi connectivity index (χ3n) is 3.62. The minimum Gasteiger partial charge on any atom is -0.444 e. The summed E-state index contributed by atoms with van der Waals surface area (Å²) in [6.07, 6.45) is 0.805. The summed E-state index contributed by atoms with van der Waals surface area (Å²) < 4.78 is 5.40. The number of amides is 1. The Hall–Kier alpha value is -0.770. The molecular formula is C15H30N2O2. The van der Waals surface area contributed by atoms with Crippen LogP contribution in [0.15, 0.2) is 0 Å². The van der Waals surface area contributed by atoms with E-state index in [0.29, 0.717) is 12.1 Å². The van der Waals surface area contributed by atoms with Crippen LogP contribution in [0, 0.1) is 5.41 Å². The number of nitrogens with one attached hydrogen (secondary N) is 1. The minimum absolute atomic E-state index is 0.194. The zero-order valence-electron chi connectivity index (χ0n) is 13.5. The second kappa shape index (κ2) is 5.70. The number of carbonyl (C=O) groups is 1. The molecule has 2 unspecified atom stereocenters. The van der Waals surface area contributed by atoms with Gasteiger partial charge in [0.2, 0.25) is 0 Å². The predicted octanol–water partition coefficient (Wildman–Crippen LogP) is 3.02. The zero-order valence-corrected chi connectivity index (χ0v) is 13.5. The van der Waals surface area contributed by atoms with Crippen LogP contribution < -0.4 is 5.32 Å². The average Bonchev–Trinajstić information content (AvgIpc) is 2.62. The molecule has 0 saturated carbocycles. The Morgan fingerprint density at radius 3 is 2.32 bits per heavy atom. The molecule has 0 aromatic carbocycles. The van der Waals surface area contributed by atoms with Gasteiger partial charge >= 0.3 is 6.09 Å². The van der Waals surface area contributed by atoms with Gasteiger partial charge in [0.1, 0.15) is 5.60 Å². The van der Waals surface area contributed by atoms with Gasteiger partial charge in [-0.2, -0.15) is 0 Å². The second-order valence-corrected chi connectivity index (χ2v) is 7.67. The van der Waals surface area contributed by atoms with E-state index >= 15 is 0 Å². The summed E-state index contributed by atoms with van der Waals surface area (Å²) in [5.41, 5.74) is -0.180. The summed E-state index contributed by atoms with van der Waals surface area (Å²) in [7, 11) is 0. The number of hydrogen-bond donors (Lipinski definition) is 1. The molecule has 112 valence electrons. The average molecular weight is 270 g/mol. The molecule has 0 aromatic rings. The highest BCUT2D eigenvalue weighted by atomic mass is 16.6. The van der Waals surface area contributed by atoms with Gasteiger partial charge in [0.25, 0.3) is 0 Å². The summed E-state index contributed by atoms with van der Waals surface area (Å²) >= 11 is 0. The maximum atomic E-state index is 12.0. The third kappa shape index (κ3) is 5.39. The number of carbonyl (C=O) groups excluding carboxylic acids is 1. The van der Waals surface area contributed by atoms with Crippen molar-refractivity contribution in [2.24, 2.45) is 5.41 Å². The van der Waals surface area contributed by atoms with Crippen molar-refractivity contribution in [3.8, 4) is 0 Å². The van der Waals surface area contributed by atoms with Crippen LogP contribution in [0.1, 0.15) is 54.9 Å². The lowest BCUT2D eigenvalue weighted by atomic mass is 9.87. The number of ether oxygens (including phenoxy) is 1. The van der Waals surface area contributed by atoms with Gasteiger partial charge in [0.05, 0.1) is 0 Å². The summed E-state index contributed by atoms with van der Waals surface area (Å²) in [5.74, 6) is 0. The third-order valence-corrected chi connectivity index (χ3v) is 3.62. The van der Waals surface area contributed by atoms with Crippen molar-refractivity contribution in [1.82, 2.24) is 10.2 Å². The van der Waals surface area contributed by atoms with Gasteiger partial charge in [-0.1, -0.05) is 20.8 Å². The molecule has 0 spiro atoms. The number of rotatable bonds is 2. The van der Waals surface area contributed by atoms with E-state index in [1.54, 1.807) is 4.90 Å². The van der Waals surface area contributed by atoms with E-state index in [2.05, 4.69) is 33.0 Å². The SMILES string of the molecule is CC(NC1CCN(C(=O)OC(C)(C)C)C1)C(C)(C)C. The molecule has 2 atom stereocenters. The molecule has 1 saturated heterocycles. The Balaban J connectivity index is 2.44. The monoisotopic (exact) mass is 270 g/mol. The molecular weight excluding hydrogens is 240 g/mol. The van der Waals surface area contributed by atoms with Crippen LogP contribution in [0.3, 0.4) is 0 Å². The molecule has 1 fully saturated rings. The van der Waals surface area contributed by atoms with Crippen molar-refractivity contribution in [2.45, 2.75) is 72.6 Å². The van der Waals surface area contributed by atoms with E-state index in [1.165, 1.54) is 0 Å². The Morgan fingerprint density at radius 1 is 1.26 bits per heavy atom. The van der Waals surface area contributed by atoms with Crippen molar-refractivity contribution in [1.29, 1.82) is 0 Å². The maximum Gasteiger partial charge on any atom is 0.410 e. The maximum absolute atomic E-state index is 12.0. The van der Waals surface area contributed by atoms with Gasteiger partial charge in [-0.25, -0.2) is 4.79 Å². The quantitative estimate of drug-likeness (QED) is 0.838. The predicted molar refractivity (Wildman–Crippen MR) is 78.3 cm³/mol. The van der Waals surface area contributed by atoms with Crippen LogP contribution in [-0.4, -0.2) is 41.8 Å². The Morgan fingerprint density at radius 2 is 1.84 bits per heavy atom. The van der Waals surface area contributed by atoms with Crippen LogP contribution in [0.25, 0.3) is 0 Å². The summed E-state index contributed by atoms with van der Waals surface area (Å²) in [4.78, 5) is 13.8. The standard InChI is InChI=1S/C15H30N2O2/c1-11(14(2,3)4)16-12-8-9-17(10-12)13(18)19-15(5,6)7/h11-12,16H,8-10H2,1-7H3. The van der Waals surface area contributed by atoms with Crippen molar-refractivity contribution >= 4 is 6.09 Å². The van der Waals surface area contributed by atoms with Crippen LogP contribution in [-0.2, 0) is 4.74 Å². The first kappa shape index (κ1) is 16.3. The number of likely N-dealkylation sites (tertiary alicyclic amines) is 1. The molecule has 1 aliphatic heterocycles. The van der Waals surface area contributed by atoms with Crippen LogP contribution in [0.4, 0.5) is 4.79 Å². The molecule has 0 radical (unpaired) electrons. The van der Waals surface area contributed by atoms with Gasteiger partial charge in [0.15, 0.2) is 0 Å². The van der Waals surface area contributed by atoms with E-state index in [1.807, 2.05) is 20.8 Å². The first-order valence-electron chi connectivity index (χ1n) is 7.23. The van der Waals surface area contributed by atoms with Crippen molar-refractivity contribution < 1.29 is 9.53 Å². The van der Waals surface area contributed by atoms with Gasteiger partial charge < -0.3 is 15.0 Å². The smallest absolute Gasteiger partial charge is 0.410 e. The minimum atomic E-state index is -0.415. The lowest BCUT2D eigenvalue weighted by molar-refractivity contribution is 0.0289. The molecule has 0 aliphatic carbocycles. The zero-order chi connectivity index (χ0) is 14.8. The van der Waals surface area contributed by atoms with Crippen molar-refractivity contribution in [3.05, 3.63) is 0 Å². The molecule has 4 heteroatoms. The Bertz CT molecular complexity index is 315. The van der Waals surface area contributed by atoms with E-state index in [9.17, 15) is 4.79 Å². The highest BCUT2D eigenvalue weighted by Gasteiger charge is 2.31. The first-order chi connectivity index (χ1) is 8.49. The molecule has 1 heterocycles. The molecule has 1 rings (SSSR count). The topological polar surface area (TPSA) is 41.6 Å². The fourth-order valence-electron chi connectivity index (χ4n) is 1.99. The summed E-state index contributed by atoms with van der Waals surface area (Å²) in [6, 6.07) is 0.804. The molecule has 1 aliphatic rings. The van der Waals surface area contributed by atoms with Crippen molar-refractivity contribution in [2.75, 3.05) is 13.1 Å². The lowest BCUT2D eigenvalue weighted by Gasteiger charge is -2.31. The highest BCUT2D eigenvalue weighted by molar-refractivity contribution is 5.68. The lowest BCUT2D eigenvalue weighted by Crippen LogP contribution is -2.45. The molecule has 19 heavy (non-hydrogen) atoms. The first-order valence-corrected chi connectivity index (χ1v) is 7.23. The number of nitrogens with zero attached hydrogens (tertiary/aromatic N) is 1. The fourth-order valence-corrected chi connectivity index (χ4v) is 1.99. The number of hydrogen-bond acceptors (Lipinski definition) is 3. The molecule has 0 bridgehead atoms. The summed E-state index contributed by atoms with van der Waals surface area (Å²) in [6.45, 7) is 16.1. The van der Waals surface area contributed by atoms with E-state index in [-0.39, 0.29) is 11.5 Å². The Kier molecular flexibility index (Phi) is 4.88. The second-order valence-electron chi connectivity index (χ2n) is 7.67. The van der Waals surface area contributed by atoms with Crippen molar-refractivity contribution in [3.63, 3.8) is 0 Å². The van der Waals surface area contributed by atoms with E-state index < -0.39 is 5.60 Å². The summed E-state index contributed by atoms with van der Waals surface area (Å²) in [5, 5.41) is 3.62. The largest absolute Gasteiger partial charge is 0.444 e. The van der Waals surface area contributed by atoms with Crippen LogP contribution >= 0.6 is 0 Å². The fraction of sp³-hybridized carbons (Fsp3) is 0.933. The Labute approximate surface area is 117 Å². The van der Waals surface area contributed by atoms with Gasteiger partial charge in [0, 0.05) is 25.2 Å². The normalized spacial score (nSPS) is 22.5. The molecule has 4 nitrogen and oxygen atoms in total. The molecule has 1 amide bonds. The van der Waals surface area contributed by atoms with Crippen LogP contribution in [0.5, 0.6) is 0 Å². The van der Waals surface area contributed by atoms with E-state index in [0.717, 1.165) is 19.5 Å². The van der Waals surface area contributed by atoms with Gasteiger partial charge in [-0.3, -0.25) is 0 Å².